The fraction of sp³-hybridized carbons (Fsp3) is 0.333. The lowest BCUT2D eigenvalue weighted by molar-refractivity contribution is -0.116. The summed E-state index contributed by atoms with van der Waals surface area (Å²) in [4.78, 5) is 26.6. The summed E-state index contributed by atoms with van der Waals surface area (Å²) in [6, 6.07) is 12.1. The third kappa shape index (κ3) is 6.35. The summed E-state index contributed by atoms with van der Waals surface area (Å²) in [6.07, 6.45) is 0.814. The van der Waals surface area contributed by atoms with Crippen molar-refractivity contribution < 1.29 is 14.3 Å². The molecule has 8 heteroatoms. The lowest BCUT2D eigenvalue weighted by atomic mass is 10.2. The third-order valence-electron chi connectivity index (χ3n) is 4.56. The van der Waals surface area contributed by atoms with Gasteiger partial charge in [0.15, 0.2) is 0 Å². The number of rotatable bonds is 7. The highest BCUT2D eigenvalue weighted by Crippen LogP contribution is 2.30. The maximum absolute atomic E-state index is 12.4. The summed E-state index contributed by atoms with van der Waals surface area (Å²) in [6.45, 7) is 3.25. The third-order valence-corrected chi connectivity index (χ3v) is 5.04. The van der Waals surface area contributed by atoms with E-state index in [0.29, 0.717) is 47.5 Å². The molecule has 1 aliphatic heterocycles. The Kier molecular flexibility index (Phi) is 7.75. The predicted octanol–water partition coefficient (Wildman–Crippen LogP) is 3.98. The minimum absolute atomic E-state index is 0.123. The summed E-state index contributed by atoms with van der Waals surface area (Å²) in [7, 11) is 0. The van der Waals surface area contributed by atoms with E-state index in [9.17, 15) is 9.59 Å². The molecule has 3 rings (SSSR count). The van der Waals surface area contributed by atoms with Gasteiger partial charge in [-0.25, -0.2) is 0 Å². The highest BCUT2D eigenvalue weighted by atomic mass is 35.5. The van der Waals surface area contributed by atoms with Gasteiger partial charge in [-0.1, -0.05) is 23.2 Å². The van der Waals surface area contributed by atoms with E-state index in [1.165, 1.54) is 0 Å². The van der Waals surface area contributed by atoms with Gasteiger partial charge in [-0.15, -0.1) is 0 Å². The first kappa shape index (κ1) is 21.4. The van der Waals surface area contributed by atoms with Crippen LogP contribution >= 0.6 is 23.2 Å². The van der Waals surface area contributed by atoms with Crippen molar-refractivity contribution in [2.75, 3.05) is 43.1 Å². The molecule has 0 aliphatic carbocycles. The van der Waals surface area contributed by atoms with E-state index in [0.717, 1.165) is 18.8 Å². The Morgan fingerprint density at radius 1 is 1.00 bits per heavy atom. The van der Waals surface area contributed by atoms with Crippen LogP contribution in [0.25, 0.3) is 0 Å². The molecule has 0 spiro atoms. The van der Waals surface area contributed by atoms with E-state index < -0.39 is 0 Å². The van der Waals surface area contributed by atoms with Gasteiger partial charge in [-0.2, -0.15) is 0 Å². The fourth-order valence-electron chi connectivity index (χ4n) is 3.06. The zero-order valence-electron chi connectivity index (χ0n) is 15.9. The molecular formula is C21H23Cl2N3O3. The standard InChI is InChI=1S/C21H23Cl2N3O3/c22-16-5-3-15(4-6-16)21(28)24-9-1-2-20(27)25-18-14-17(23)7-8-19(18)26-10-12-29-13-11-26/h3-8,14H,1-2,9-13H2,(H,24,28)(H,25,27). The van der Waals surface area contributed by atoms with Crippen molar-refractivity contribution in [1.29, 1.82) is 0 Å². The molecule has 2 aromatic carbocycles. The maximum atomic E-state index is 12.4. The van der Waals surface area contributed by atoms with Gasteiger partial charge in [0.25, 0.3) is 5.91 Å². The molecule has 2 N–H and O–H groups in total. The van der Waals surface area contributed by atoms with Crippen LogP contribution in [0.15, 0.2) is 42.5 Å². The van der Waals surface area contributed by atoms with Gasteiger partial charge < -0.3 is 20.3 Å². The summed E-state index contributed by atoms with van der Waals surface area (Å²) in [5.41, 5.74) is 2.16. The zero-order chi connectivity index (χ0) is 20.6. The van der Waals surface area contributed by atoms with Crippen molar-refractivity contribution in [3.63, 3.8) is 0 Å². The van der Waals surface area contributed by atoms with E-state index >= 15 is 0 Å². The largest absolute Gasteiger partial charge is 0.378 e. The zero-order valence-corrected chi connectivity index (χ0v) is 17.4. The summed E-state index contributed by atoms with van der Waals surface area (Å²) in [5, 5.41) is 6.89. The van der Waals surface area contributed by atoms with Gasteiger partial charge in [-0.3, -0.25) is 9.59 Å². The lowest BCUT2D eigenvalue weighted by Gasteiger charge is -2.30. The van der Waals surface area contributed by atoms with Crippen LogP contribution in [-0.4, -0.2) is 44.7 Å². The first-order valence-corrected chi connectivity index (χ1v) is 10.2. The Morgan fingerprint density at radius 2 is 1.69 bits per heavy atom. The molecule has 1 saturated heterocycles. The van der Waals surface area contributed by atoms with Crippen molar-refractivity contribution >= 4 is 46.4 Å². The number of nitrogens with zero attached hydrogens (tertiary/aromatic N) is 1. The van der Waals surface area contributed by atoms with Gasteiger partial charge in [0.05, 0.1) is 24.6 Å². The van der Waals surface area contributed by atoms with Crippen molar-refractivity contribution in [3.05, 3.63) is 58.1 Å². The van der Waals surface area contributed by atoms with Gasteiger partial charge >= 0.3 is 0 Å². The molecule has 2 aromatic rings. The number of benzene rings is 2. The summed E-state index contributed by atoms with van der Waals surface area (Å²) >= 11 is 11.9. The molecule has 6 nitrogen and oxygen atoms in total. The topological polar surface area (TPSA) is 70.7 Å². The van der Waals surface area contributed by atoms with Gasteiger partial charge in [-0.05, 0) is 48.9 Å². The molecule has 0 radical (unpaired) electrons. The Bertz CT molecular complexity index is 853. The molecule has 29 heavy (non-hydrogen) atoms. The van der Waals surface area contributed by atoms with Crippen LogP contribution in [0.5, 0.6) is 0 Å². The van der Waals surface area contributed by atoms with Crippen LogP contribution in [0.1, 0.15) is 23.2 Å². The van der Waals surface area contributed by atoms with Crippen molar-refractivity contribution in [1.82, 2.24) is 5.32 Å². The molecule has 1 aliphatic rings. The molecule has 0 saturated carbocycles. The second-order valence-corrected chi connectivity index (χ2v) is 7.55. The highest BCUT2D eigenvalue weighted by molar-refractivity contribution is 6.31. The van der Waals surface area contributed by atoms with Crippen LogP contribution in [-0.2, 0) is 9.53 Å². The molecule has 0 unspecified atom stereocenters. The Morgan fingerprint density at radius 3 is 2.41 bits per heavy atom. The Hall–Kier alpha value is -2.28. The van der Waals surface area contributed by atoms with E-state index in [-0.39, 0.29) is 18.2 Å². The average Bonchev–Trinajstić information content (AvgIpc) is 2.72. The van der Waals surface area contributed by atoms with Crippen molar-refractivity contribution in [3.8, 4) is 0 Å². The van der Waals surface area contributed by atoms with Crippen LogP contribution in [0.3, 0.4) is 0 Å². The van der Waals surface area contributed by atoms with E-state index in [4.69, 9.17) is 27.9 Å². The van der Waals surface area contributed by atoms with Crippen molar-refractivity contribution in [2.24, 2.45) is 0 Å². The smallest absolute Gasteiger partial charge is 0.251 e. The van der Waals surface area contributed by atoms with Gasteiger partial charge in [0, 0.05) is 41.7 Å². The SMILES string of the molecule is O=C(CCCNC(=O)c1ccc(Cl)cc1)Nc1cc(Cl)ccc1N1CCOCC1. The van der Waals surface area contributed by atoms with Gasteiger partial charge in [0.2, 0.25) is 5.91 Å². The number of anilines is 2. The number of morpholine rings is 1. The highest BCUT2D eigenvalue weighted by Gasteiger charge is 2.16. The Balaban J connectivity index is 1.48. The fourth-order valence-corrected chi connectivity index (χ4v) is 3.35. The molecule has 1 heterocycles. The minimum Gasteiger partial charge on any atom is -0.378 e. The minimum atomic E-state index is -0.188. The van der Waals surface area contributed by atoms with Gasteiger partial charge in [0.1, 0.15) is 0 Å². The molecule has 1 fully saturated rings. The van der Waals surface area contributed by atoms with E-state index in [1.807, 2.05) is 12.1 Å². The van der Waals surface area contributed by atoms with Crippen LogP contribution < -0.4 is 15.5 Å². The number of hydrogen-bond donors (Lipinski definition) is 2. The number of halogens is 2. The second kappa shape index (κ2) is 10.5. The first-order chi connectivity index (χ1) is 14.0. The summed E-state index contributed by atoms with van der Waals surface area (Å²) < 4.78 is 5.39. The second-order valence-electron chi connectivity index (χ2n) is 6.68. The van der Waals surface area contributed by atoms with Crippen LogP contribution in [0.2, 0.25) is 10.0 Å². The lowest BCUT2D eigenvalue weighted by Crippen LogP contribution is -2.36. The molecule has 0 aromatic heterocycles. The quantitative estimate of drug-likeness (QED) is 0.645. The number of carbonyl (C=O) groups is 2. The van der Waals surface area contributed by atoms with Crippen LogP contribution in [0.4, 0.5) is 11.4 Å². The summed E-state index contributed by atoms with van der Waals surface area (Å²) in [5.74, 6) is -0.311. The van der Waals surface area contributed by atoms with Crippen molar-refractivity contribution in [2.45, 2.75) is 12.8 Å². The average molecular weight is 436 g/mol. The monoisotopic (exact) mass is 435 g/mol. The first-order valence-electron chi connectivity index (χ1n) is 9.49. The number of nitrogens with one attached hydrogen (secondary N) is 2. The molecule has 0 atom stereocenters. The molecule has 0 bridgehead atoms. The molecule has 2 amide bonds. The maximum Gasteiger partial charge on any atom is 0.251 e. The van der Waals surface area contributed by atoms with Crippen LogP contribution in [0, 0.1) is 0 Å². The predicted molar refractivity (Wildman–Crippen MR) is 116 cm³/mol. The number of hydrogen-bond acceptors (Lipinski definition) is 4. The normalized spacial score (nSPS) is 13.8. The molecular weight excluding hydrogens is 413 g/mol. The molecule has 154 valence electrons. The Labute approximate surface area is 180 Å². The number of carbonyl (C=O) groups excluding carboxylic acids is 2. The number of amides is 2. The van der Waals surface area contributed by atoms with E-state index in [1.54, 1.807) is 30.3 Å². The number of ether oxygens (including phenoxy) is 1. The van der Waals surface area contributed by atoms with E-state index in [2.05, 4.69) is 15.5 Å².